The molecule has 0 spiro atoms. The highest BCUT2D eigenvalue weighted by Gasteiger charge is 2.53. The minimum absolute atomic E-state index is 0.0172. The molecule has 1 saturated carbocycles. The van der Waals surface area contributed by atoms with E-state index >= 15 is 0 Å². The largest absolute Gasteiger partial charge is 0.453 e. The van der Waals surface area contributed by atoms with Crippen molar-refractivity contribution >= 4 is 22.0 Å². The molecule has 134 valence electrons. The van der Waals surface area contributed by atoms with Crippen molar-refractivity contribution in [3.63, 3.8) is 0 Å². The second-order valence-corrected chi connectivity index (χ2v) is 8.21. The zero-order valence-electron chi connectivity index (χ0n) is 14.3. The number of carbonyl (C=O) groups is 1. The van der Waals surface area contributed by atoms with Gasteiger partial charge in [-0.05, 0) is 61.7 Å². The highest BCUT2D eigenvalue weighted by atomic mass is 79.9. The summed E-state index contributed by atoms with van der Waals surface area (Å²) >= 11 is 3.31. The fourth-order valence-corrected chi connectivity index (χ4v) is 3.79. The molecule has 0 aromatic carbocycles. The van der Waals surface area contributed by atoms with Gasteiger partial charge >= 0.3 is 6.09 Å². The second kappa shape index (κ2) is 7.06. The van der Waals surface area contributed by atoms with Crippen LogP contribution in [0.1, 0.15) is 39.4 Å². The predicted molar refractivity (Wildman–Crippen MR) is 92.7 cm³/mol. The van der Waals surface area contributed by atoms with Crippen LogP contribution in [0.4, 0.5) is 4.79 Å². The first-order valence-electron chi connectivity index (χ1n) is 8.42. The van der Waals surface area contributed by atoms with E-state index < -0.39 is 5.60 Å². The van der Waals surface area contributed by atoms with Crippen LogP contribution < -0.4 is 10.6 Å². The highest BCUT2D eigenvalue weighted by Crippen LogP contribution is 2.38. The quantitative estimate of drug-likeness (QED) is 0.811. The van der Waals surface area contributed by atoms with Crippen LogP contribution in [0.25, 0.3) is 0 Å². The van der Waals surface area contributed by atoms with Crippen molar-refractivity contribution in [3.05, 3.63) is 22.6 Å². The van der Waals surface area contributed by atoms with Gasteiger partial charge in [0.25, 0.3) is 0 Å². The van der Waals surface area contributed by atoms with Gasteiger partial charge in [0.05, 0.1) is 24.7 Å². The molecule has 2 N–H and O–H groups in total. The van der Waals surface area contributed by atoms with E-state index in [-0.39, 0.29) is 24.3 Å². The van der Waals surface area contributed by atoms with Gasteiger partial charge in [0.15, 0.2) is 4.67 Å². The van der Waals surface area contributed by atoms with Gasteiger partial charge in [-0.25, -0.2) is 4.79 Å². The summed E-state index contributed by atoms with van der Waals surface area (Å²) in [5.74, 6) is 1.18. The van der Waals surface area contributed by atoms with Crippen LogP contribution in [-0.2, 0) is 16.0 Å². The molecule has 2 aliphatic rings. The van der Waals surface area contributed by atoms with Crippen LogP contribution in [0.15, 0.2) is 21.2 Å². The molecule has 6 nitrogen and oxygen atoms in total. The first-order valence-corrected chi connectivity index (χ1v) is 9.21. The van der Waals surface area contributed by atoms with E-state index in [1.807, 2.05) is 32.9 Å². The molecular weight excluding hydrogens is 376 g/mol. The monoisotopic (exact) mass is 400 g/mol. The molecule has 2 heterocycles. The van der Waals surface area contributed by atoms with Gasteiger partial charge in [0, 0.05) is 12.5 Å². The lowest BCUT2D eigenvalue weighted by Crippen LogP contribution is -2.73. The van der Waals surface area contributed by atoms with Gasteiger partial charge in [-0.15, -0.1) is 0 Å². The summed E-state index contributed by atoms with van der Waals surface area (Å²) in [5.41, 5.74) is -0.500. The number of ether oxygens (including phenoxy) is 2. The maximum Gasteiger partial charge on any atom is 0.407 e. The number of hydrogen-bond acceptors (Lipinski definition) is 5. The summed E-state index contributed by atoms with van der Waals surface area (Å²) in [4.78, 5) is 12.1. The predicted octanol–water partition coefficient (Wildman–Crippen LogP) is 3.20. The number of hydrogen-bond donors (Lipinski definition) is 2. The number of fused-ring (bicyclic) bond motifs is 1. The number of nitrogens with one attached hydrogen (secondary N) is 2. The van der Waals surface area contributed by atoms with Crippen molar-refractivity contribution in [2.45, 2.75) is 63.9 Å². The summed E-state index contributed by atoms with van der Waals surface area (Å²) in [6.07, 6.45) is 1.86. The molecule has 7 heteroatoms. The van der Waals surface area contributed by atoms with Crippen molar-refractivity contribution in [2.75, 3.05) is 6.61 Å². The molecule has 2 fully saturated rings. The fraction of sp³-hybridized carbons (Fsp3) is 0.706. The third-order valence-corrected chi connectivity index (χ3v) is 4.87. The van der Waals surface area contributed by atoms with Crippen molar-refractivity contribution in [2.24, 2.45) is 5.92 Å². The van der Waals surface area contributed by atoms with E-state index in [0.29, 0.717) is 17.1 Å². The van der Waals surface area contributed by atoms with E-state index in [9.17, 15) is 4.79 Å². The summed E-state index contributed by atoms with van der Waals surface area (Å²) in [6.45, 7) is 6.97. The maximum atomic E-state index is 12.1. The maximum absolute atomic E-state index is 12.1. The summed E-state index contributed by atoms with van der Waals surface area (Å²) < 4.78 is 17.5. The zero-order chi connectivity index (χ0) is 17.3. The first-order chi connectivity index (χ1) is 11.3. The molecule has 1 aromatic rings. The molecular formula is C17H25BrN2O4. The molecule has 1 saturated heterocycles. The van der Waals surface area contributed by atoms with Gasteiger partial charge in [-0.3, -0.25) is 0 Å². The van der Waals surface area contributed by atoms with E-state index in [4.69, 9.17) is 13.9 Å². The number of carbonyl (C=O) groups excluding carboxylic acids is 1. The van der Waals surface area contributed by atoms with Crippen LogP contribution in [0, 0.1) is 5.92 Å². The Morgan fingerprint density at radius 3 is 2.83 bits per heavy atom. The number of amides is 1. The Balaban J connectivity index is 1.60. The normalized spacial score (nSPS) is 29.5. The minimum Gasteiger partial charge on any atom is -0.453 e. The number of halogens is 1. The fourth-order valence-electron chi connectivity index (χ4n) is 3.45. The molecule has 0 bridgehead atoms. The Morgan fingerprint density at radius 2 is 2.17 bits per heavy atom. The number of rotatable bonds is 4. The van der Waals surface area contributed by atoms with Crippen LogP contribution in [0.5, 0.6) is 0 Å². The molecule has 3 rings (SSSR count). The van der Waals surface area contributed by atoms with Gasteiger partial charge in [-0.2, -0.15) is 0 Å². The van der Waals surface area contributed by atoms with Gasteiger partial charge in [0.1, 0.15) is 11.4 Å². The van der Waals surface area contributed by atoms with E-state index in [1.165, 1.54) is 0 Å². The van der Waals surface area contributed by atoms with Crippen LogP contribution in [-0.4, -0.2) is 36.5 Å². The average Bonchev–Trinajstić information content (AvgIpc) is 2.89. The Kier molecular flexibility index (Phi) is 5.22. The van der Waals surface area contributed by atoms with Crippen molar-refractivity contribution in [3.8, 4) is 0 Å². The van der Waals surface area contributed by atoms with E-state index in [0.717, 1.165) is 25.2 Å². The summed E-state index contributed by atoms with van der Waals surface area (Å²) in [5, 5.41) is 6.48. The van der Waals surface area contributed by atoms with E-state index in [1.54, 1.807) is 0 Å². The molecule has 4 unspecified atom stereocenters. The highest BCUT2D eigenvalue weighted by molar-refractivity contribution is 9.10. The second-order valence-electron chi connectivity index (χ2n) is 7.43. The number of alkyl carbamates (subject to hydrolysis) is 1. The lowest BCUT2D eigenvalue weighted by molar-refractivity contribution is -0.128. The number of furan rings is 1. The minimum atomic E-state index is -0.500. The van der Waals surface area contributed by atoms with Gasteiger partial charge in [0.2, 0.25) is 0 Å². The van der Waals surface area contributed by atoms with Crippen molar-refractivity contribution in [1.82, 2.24) is 10.6 Å². The Bertz CT molecular complexity index is 583. The van der Waals surface area contributed by atoms with Gasteiger partial charge < -0.3 is 24.5 Å². The topological polar surface area (TPSA) is 72.7 Å². The molecule has 24 heavy (non-hydrogen) atoms. The molecule has 0 radical (unpaired) electrons. The Hall–Kier alpha value is -1.05. The molecule has 1 aliphatic carbocycles. The zero-order valence-corrected chi connectivity index (χ0v) is 15.9. The van der Waals surface area contributed by atoms with Crippen LogP contribution >= 0.6 is 15.9 Å². The molecule has 4 atom stereocenters. The first kappa shape index (κ1) is 17.8. The Labute approximate surface area is 150 Å². The summed E-state index contributed by atoms with van der Waals surface area (Å²) in [7, 11) is 0. The van der Waals surface area contributed by atoms with Crippen LogP contribution in [0.2, 0.25) is 0 Å². The average molecular weight is 401 g/mol. The SMILES string of the molecule is CC(C)(C)OC(=O)NC1C2CCCOC2C1NCc1ccc(Br)o1. The standard InChI is InChI=1S/C17H25BrN2O4/c1-17(2,3)24-16(21)20-13-11-5-4-8-22-15(11)14(13)19-9-10-6-7-12(18)23-10/h6-7,11,13-15,19H,4-5,8-9H2,1-3H3,(H,20,21). The van der Waals surface area contributed by atoms with Crippen molar-refractivity contribution in [1.29, 1.82) is 0 Å². The van der Waals surface area contributed by atoms with E-state index in [2.05, 4.69) is 26.6 Å². The molecule has 1 aromatic heterocycles. The van der Waals surface area contributed by atoms with Crippen molar-refractivity contribution < 1.29 is 18.7 Å². The smallest absolute Gasteiger partial charge is 0.407 e. The van der Waals surface area contributed by atoms with Crippen LogP contribution in [0.3, 0.4) is 0 Å². The molecule has 1 amide bonds. The third kappa shape index (κ3) is 4.13. The van der Waals surface area contributed by atoms with Gasteiger partial charge in [-0.1, -0.05) is 0 Å². The Morgan fingerprint density at radius 1 is 1.38 bits per heavy atom. The summed E-state index contributed by atoms with van der Waals surface area (Å²) in [6, 6.07) is 3.87. The lowest BCUT2D eigenvalue weighted by atomic mass is 9.68. The molecule has 1 aliphatic heterocycles. The third-order valence-electron chi connectivity index (χ3n) is 4.44. The lowest BCUT2D eigenvalue weighted by Gasteiger charge is -2.54.